The number of halogens is 7. The minimum Gasteiger partial charge on any atom is -0.469 e. The second-order valence-electron chi connectivity index (χ2n) is 14.3. The molecule has 0 bridgehead atoms. The third kappa shape index (κ3) is 7.88. The third-order valence-corrected chi connectivity index (χ3v) is 10.00. The molecule has 5 rings (SSSR count). The van der Waals surface area contributed by atoms with E-state index in [1.165, 1.54) is 24.3 Å². The van der Waals surface area contributed by atoms with Crippen molar-refractivity contribution in [1.29, 1.82) is 0 Å². The number of carbonyl (C=O) groups excluding carboxylic acids is 2. The summed E-state index contributed by atoms with van der Waals surface area (Å²) in [4.78, 5) is 34.1. The number of esters is 1. The summed E-state index contributed by atoms with van der Waals surface area (Å²) >= 11 is 0.688. The molecule has 1 amide bonds. The van der Waals surface area contributed by atoms with Gasteiger partial charge in [0.2, 0.25) is 5.89 Å². The second kappa shape index (κ2) is 14.2. The number of carbonyl (C=O) groups is 2. The summed E-state index contributed by atoms with van der Waals surface area (Å²) in [6.45, 7) is 8.40. The highest BCUT2D eigenvalue weighted by Gasteiger charge is 2.71. The lowest BCUT2D eigenvalue weighted by Crippen LogP contribution is -2.54. The van der Waals surface area contributed by atoms with Crippen molar-refractivity contribution in [3.05, 3.63) is 65.3 Å². The number of rotatable bonds is 8. The summed E-state index contributed by atoms with van der Waals surface area (Å²) in [6, 6.07) is 2.50. The summed E-state index contributed by atoms with van der Waals surface area (Å²) in [5.74, 6) is -1.63. The number of aliphatic hydroxyl groups is 1. The van der Waals surface area contributed by atoms with E-state index in [4.69, 9.17) is 9.15 Å². The Hall–Kier alpha value is -4.20. The van der Waals surface area contributed by atoms with Gasteiger partial charge in [0, 0.05) is 44.4 Å². The first kappa shape index (κ1) is 40.0. The van der Waals surface area contributed by atoms with E-state index in [2.05, 4.69) is 15.2 Å². The molecule has 2 aromatic heterocycles. The molecule has 53 heavy (non-hydrogen) atoms. The molecular formula is C34H37F7N6O5S. The molecule has 1 N–H and O–H groups in total. The lowest BCUT2D eigenvalue weighted by Gasteiger charge is -2.40. The molecule has 1 aromatic carbocycles. The van der Waals surface area contributed by atoms with Crippen LogP contribution in [0.3, 0.4) is 0 Å². The number of hydrogen-bond donors (Lipinski definition) is 1. The van der Waals surface area contributed by atoms with Gasteiger partial charge in [0.25, 0.3) is 17.4 Å². The number of nitrogens with zero attached hydrogens (tertiary/aromatic N) is 6. The molecule has 2 aliphatic rings. The molecule has 0 spiro atoms. The quantitative estimate of drug-likeness (QED) is 0.153. The van der Waals surface area contributed by atoms with E-state index in [-0.39, 0.29) is 71.1 Å². The summed E-state index contributed by atoms with van der Waals surface area (Å²) in [7, 11) is 1.21. The predicted molar refractivity (Wildman–Crippen MR) is 178 cm³/mol. The average molecular weight is 775 g/mol. The maximum Gasteiger partial charge on any atom is 0.430 e. The van der Waals surface area contributed by atoms with Gasteiger partial charge in [0.05, 0.1) is 17.4 Å². The van der Waals surface area contributed by atoms with E-state index in [1.807, 2.05) is 4.90 Å². The Kier molecular flexibility index (Phi) is 10.7. The Morgan fingerprint density at radius 2 is 1.57 bits per heavy atom. The number of piperazine rings is 1. The summed E-state index contributed by atoms with van der Waals surface area (Å²) in [5, 5.41) is 19.0. The number of methoxy groups -OCH3 is 1. The van der Waals surface area contributed by atoms with Gasteiger partial charge in [0.15, 0.2) is 5.01 Å². The molecule has 3 aromatic rings. The number of ether oxygens (including phenoxy) is 1. The molecule has 4 heterocycles. The van der Waals surface area contributed by atoms with E-state index >= 15 is 0 Å². The van der Waals surface area contributed by atoms with Gasteiger partial charge in [-0.15, -0.1) is 31.1 Å². The molecule has 0 aliphatic carbocycles. The maximum atomic E-state index is 14.5. The number of thiazole rings is 1. The molecule has 11 nitrogen and oxygen atoms in total. The van der Waals surface area contributed by atoms with Crippen molar-refractivity contribution in [3.63, 3.8) is 0 Å². The molecule has 1 fully saturated rings. The van der Waals surface area contributed by atoms with Crippen molar-refractivity contribution in [2.24, 2.45) is 5.41 Å². The van der Waals surface area contributed by atoms with Crippen molar-refractivity contribution in [2.75, 3.05) is 33.3 Å². The largest absolute Gasteiger partial charge is 0.469 e. The van der Waals surface area contributed by atoms with Crippen molar-refractivity contribution in [3.8, 4) is 21.3 Å². The van der Waals surface area contributed by atoms with Crippen molar-refractivity contribution >= 4 is 23.2 Å². The average Bonchev–Trinajstić information content (AvgIpc) is 3.73. The monoisotopic (exact) mass is 774 g/mol. The lowest BCUT2D eigenvalue weighted by atomic mass is 9.81. The van der Waals surface area contributed by atoms with Gasteiger partial charge in [0.1, 0.15) is 11.9 Å². The number of benzene rings is 1. The third-order valence-electron chi connectivity index (χ3n) is 8.90. The Bertz CT molecular complexity index is 1890. The van der Waals surface area contributed by atoms with E-state index in [0.717, 1.165) is 0 Å². The summed E-state index contributed by atoms with van der Waals surface area (Å²) in [5.41, 5.74) is -9.60. The van der Waals surface area contributed by atoms with Crippen LogP contribution < -0.4 is 0 Å². The number of aromatic nitrogens is 3. The van der Waals surface area contributed by atoms with Crippen molar-refractivity contribution in [2.45, 2.75) is 70.6 Å². The van der Waals surface area contributed by atoms with E-state index in [9.17, 15) is 45.5 Å². The van der Waals surface area contributed by atoms with Gasteiger partial charge < -0.3 is 14.3 Å². The van der Waals surface area contributed by atoms with E-state index < -0.39 is 52.4 Å². The molecule has 0 saturated carbocycles. The molecular weight excluding hydrogens is 737 g/mol. The topological polar surface area (TPSA) is 125 Å². The lowest BCUT2D eigenvalue weighted by molar-refractivity contribution is -0.376. The van der Waals surface area contributed by atoms with Crippen LogP contribution in [0.5, 0.6) is 0 Å². The fourth-order valence-electron chi connectivity index (χ4n) is 5.84. The van der Waals surface area contributed by atoms with Crippen LogP contribution in [-0.2, 0) is 27.0 Å². The molecule has 288 valence electrons. The number of alkyl halides is 6. The Labute approximate surface area is 303 Å². The summed E-state index contributed by atoms with van der Waals surface area (Å²) < 4.78 is 110. The molecule has 0 radical (unpaired) electrons. The normalized spacial score (nSPS) is 18.2. The predicted octanol–water partition coefficient (Wildman–Crippen LogP) is 6.57. The molecule has 1 saturated heterocycles. The first-order chi connectivity index (χ1) is 24.5. The minimum absolute atomic E-state index is 0.0156. The highest BCUT2D eigenvalue weighted by Crippen LogP contribution is 2.52. The van der Waals surface area contributed by atoms with Crippen molar-refractivity contribution < 1.29 is 54.7 Å². The number of allylic oxidation sites excluding steroid dienone is 2. The zero-order valence-electron chi connectivity index (χ0n) is 29.5. The van der Waals surface area contributed by atoms with Gasteiger partial charge in [-0.3, -0.25) is 19.4 Å². The highest BCUT2D eigenvalue weighted by atomic mass is 32.1. The van der Waals surface area contributed by atoms with Crippen LogP contribution in [0.25, 0.3) is 21.3 Å². The van der Waals surface area contributed by atoms with Crippen LogP contribution in [0.2, 0.25) is 0 Å². The van der Waals surface area contributed by atoms with Gasteiger partial charge >= 0.3 is 18.3 Å². The van der Waals surface area contributed by atoms with Crippen LogP contribution in [-0.4, -0.2) is 98.9 Å². The number of hydrogen-bond acceptors (Lipinski definition) is 11. The van der Waals surface area contributed by atoms with Crippen LogP contribution in [0, 0.1) is 5.41 Å². The van der Waals surface area contributed by atoms with Gasteiger partial charge in [-0.2, -0.15) is 26.3 Å². The van der Waals surface area contributed by atoms with Crippen LogP contribution >= 0.6 is 11.3 Å². The fourth-order valence-corrected chi connectivity index (χ4v) is 6.80. The van der Waals surface area contributed by atoms with E-state index in [1.54, 1.807) is 52.8 Å². The fraction of sp³-hybridized carbons (Fsp3) is 0.500. The van der Waals surface area contributed by atoms with Gasteiger partial charge in [-0.05, 0) is 54.7 Å². The maximum absolute atomic E-state index is 14.5. The van der Waals surface area contributed by atoms with Gasteiger partial charge in [-0.25, -0.2) is 4.98 Å². The van der Waals surface area contributed by atoms with Crippen LogP contribution in [0.4, 0.5) is 30.8 Å². The number of amides is 1. The van der Waals surface area contributed by atoms with Crippen LogP contribution in [0.1, 0.15) is 62.1 Å². The summed E-state index contributed by atoms with van der Waals surface area (Å²) in [6.07, 6.45) is -6.85. The second-order valence-corrected chi connectivity index (χ2v) is 15.3. The minimum atomic E-state index is -6.18. The zero-order chi connectivity index (χ0) is 39.3. The Morgan fingerprint density at radius 3 is 2.15 bits per heavy atom. The van der Waals surface area contributed by atoms with E-state index in [0.29, 0.717) is 28.6 Å². The SMILES string of the molecule is COC(=O)C(C)(C)Cc1nnc(-c2nc(C(=O)N3C=CC=CC3N3CCN(F)CC3)c(-c3cc(C(C)(C)C)cc(C(O)(C(F)(F)F)C(F)(F)F)c3)s2)o1. The Balaban J connectivity index is 1.70. The van der Waals surface area contributed by atoms with Gasteiger partial charge in [-0.1, -0.05) is 32.9 Å². The molecule has 2 aliphatic heterocycles. The molecule has 19 heteroatoms. The molecule has 1 unspecified atom stereocenters. The first-order valence-electron chi connectivity index (χ1n) is 16.2. The highest BCUT2D eigenvalue weighted by molar-refractivity contribution is 7.18. The smallest absolute Gasteiger partial charge is 0.430 e. The zero-order valence-corrected chi connectivity index (χ0v) is 30.3. The standard InChI is InChI=1S/C34H37F7N6O5S/c1-30(2,3)20-15-19(16-21(17-20)32(50,33(35,36)37)34(38,39)40)25-24(28(48)47-10-8-7-9-23(47)45-11-13-46(41)14-12-45)42-27(53-25)26-44-43-22(52-26)18-31(4,5)29(49)51-6/h7-10,15-17,23,50H,11-14,18H2,1-6H3. The Morgan fingerprint density at radius 1 is 0.943 bits per heavy atom. The van der Waals surface area contributed by atoms with Crippen LogP contribution in [0.15, 0.2) is 47.0 Å². The van der Waals surface area contributed by atoms with Crippen molar-refractivity contribution in [1.82, 2.24) is 30.1 Å². The first-order valence-corrected chi connectivity index (χ1v) is 17.1. The molecule has 1 atom stereocenters.